The summed E-state index contributed by atoms with van der Waals surface area (Å²) < 4.78 is 24.3. The SMILES string of the molecule is [2H]C([2H])(c1ccccc1OCCCCCC(=O)O)N(CCc1ccccn1)C(=O)c1ccc(-c2ccncc2)cc1. The number of aliphatic carboxylic acids is 1. The lowest BCUT2D eigenvalue weighted by Gasteiger charge is -2.24. The number of ether oxygens (including phenoxy) is 1. The standard InChI is InChI=1S/C32H33N3O4/c36-31(37)11-2-1-7-23-39-30-10-4-3-8-28(30)24-35(22-18-29-9-5-6-19-34-29)32(38)27-14-12-25(13-15-27)26-16-20-33-21-17-26/h3-6,8-10,12-17,19-21H,1-2,7,11,18,22-24H2,(H,36,37)/i24D2. The number of pyridine rings is 2. The number of carboxylic acids is 1. The van der Waals surface area contributed by atoms with Crippen molar-refractivity contribution >= 4 is 11.9 Å². The molecule has 4 rings (SSSR count). The van der Waals surface area contributed by atoms with E-state index in [0.717, 1.165) is 16.8 Å². The highest BCUT2D eigenvalue weighted by atomic mass is 16.5. The Kier molecular flexibility index (Phi) is 9.17. The van der Waals surface area contributed by atoms with Crippen molar-refractivity contribution in [3.63, 3.8) is 0 Å². The molecule has 2 aromatic heterocycles. The van der Waals surface area contributed by atoms with Crippen molar-refractivity contribution in [2.24, 2.45) is 0 Å². The molecule has 0 bridgehead atoms. The monoisotopic (exact) mass is 525 g/mol. The first-order valence-corrected chi connectivity index (χ1v) is 13.0. The molecule has 2 heterocycles. The van der Waals surface area contributed by atoms with Crippen LogP contribution in [0.25, 0.3) is 11.1 Å². The number of rotatable bonds is 14. The fourth-order valence-electron chi connectivity index (χ4n) is 4.05. The number of hydrogen-bond donors (Lipinski definition) is 1. The fraction of sp³-hybridized carbons (Fsp3) is 0.250. The van der Waals surface area contributed by atoms with Crippen LogP contribution < -0.4 is 4.74 Å². The summed E-state index contributed by atoms with van der Waals surface area (Å²) in [6.07, 6.45) is 7.44. The zero-order chi connectivity index (χ0) is 29.1. The van der Waals surface area contributed by atoms with E-state index in [-0.39, 0.29) is 18.5 Å². The Bertz CT molecular complexity index is 1420. The molecular weight excluding hydrogens is 490 g/mol. The summed E-state index contributed by atoms with van der Waals surface area (Å²) >= 11 is 0. The molecule has 0 aliphatic carbocycles. The minimum atomic E-state index is -2.20. The predicted octanol–water partition coefficient (Wildman–Crippen LogP) is 6.05. The van der Waals surface area contributed by atoms with E-state index in [0.29, 0.717) is 43.6 Å². The number of amides is 1. The van der Waals surface area contributed by atoms with Gasteiger partial charge in [-0.15, -0.1) is 0 Å². The summed E-state index contributed by atoms with van der Waals surface area (Å²) in [6, 6.07) is 23.2. The predicted molar refractivity (Wildman–Crippen MR) is 150 cm³/mol. The van der Waals surface area contributed by atoms with E-state index in [1.165, 1.54) is 4.90 Å². The van der Waals surface area contributed by atoms with Crippen LogP contribution in [0.5, 0.6) is 5.75 Å². The van der Waals surface area contributed by atoms with E-state index in [4.69, 9.17) is 9.84 Å². The number of para-hydroxylation sites is 1. The number of carboxylic acid groups (broad SMARTS) is 1. The average molecular weight is 526 g/mol. The van der Waals surface area contributed by atoms with Crippen LogP contribution in [0, 0.1) is 0 Å². The molecule has 0 atom stereocenters. The van der Waals surface area contributed by atoms with Crippen LogP contribution in [-0.2, 0) is 17.7 Å². The molecule has 39 heavy (non-hydrogen) atoms. The molecule has 1 N–H and O–H groups in total. The summed E-state index contributed by atoms with van der Waals surface area (Å²) in [5, 5.41) is 8.82. The highest BCUT2D eigenvalue weighted by Crippen LogP contribution is 2.23. The maximum atomic E-state index is 13.9. The largest absolute Gasteiger partial charge is 0.493 e. The van der Waals surface area contributed by atoms with Gasteiger partial charge in [0.15, 0.2) is 0 Å². The average Bonchev–Trinajstić information content (AvgIpc) is 3.00. The number of carbonyl (C=O) groups is 2. The highest BCUT2D eigenvalue weighted by molar-refractivity contribution is 5.94. The number of nitrogens with zero attached hydrogens (tertiary/aromatic N) is 3. The third-order valence-electron chi connectivity index (χ3n) is 6.14. The molecule has 0 unspecified atom stereocenters. The Morgan fingerprint density at radius 2 is 1.59 bits per heavy atom. The second-order valence-corrected chi connectivity index (χ2v) is 9.00. The molecule has 0 aliphatic rings. The molecule has 0 saturated carbocycles. The van der Waals surface area contributed by atoms with Crippen LogP contribution >= 0.6 is 0 Å². The first-order chi connectivity index (χ1) is 19.9. The van der Waals surface area contributed by atoms with E-state index >= 15 is 0 Å². The lowest BCUT2D eigenvalue weighted by atomic mass is 10.0. The van der Waals surface area contributed by atoms with E-state index in [9.17, 15) is 12.3 Å². The van der Waals surface area contributed by atoms with Crippen molar-refractivity contribution < 1.29 is 22.2 Å². The first kappa shape index (κ1) is 24.8. The third kappa shape index (κ3) is 8.50. The summed E-state index contributed by atoms with van der Waals surface area (Å²) in [5.41, 5.74) is 3.25. The molecule has 200 valence electrons. The van der Waals surface area contributed by atoms with Crippen LogP contribution in [0.15, 0.2) is 97.5 Å². The lowest BCUT2D eigenvalue weighted by molar-refractivity contribution is -0.137. The maximum Gasteiger partial charge on any atom is 0.303 e. The van der Waals surface area contributed by atoms with Gasteiger partial charge in [0, 0.05) is 61.3 Å². The molecule has 0 radical (unpaired) electrons. The summed E-state index contributed by atoms with van der Waals surface area (Å²) in [6.45, 7) is -1.79. The number of carbonyl (C=O) groups excluding carboxylic acids is 1. The maximum absolute atomic E-state index is 13.9. The molecule has 0 fully saturated rings. The van der Waals surface area contributed by atoms with Crippen molar-refractivity contribution in [2.75, 3.05) is 13.2 Å². The second-order valence-electron chi connectivity index (χ2n) is 9.00. The summed E-state index contributed by atoms with van der Waals surface area (Å²) in [5.74, 6) is -0.929. The van der Waals surface area contributed by atoms with Gasteiger partial charge in [-0.05, 0) is 72.9 Å². The first-order valence-electron chi connectivity index (χ1n) is 14.0. The van der Waals surface area contributed by atoms with E-state index in [2.05, 4.69) is 9.97 Å². The number of benzene rings is 2. The van der Waals surface area contributed by atoms with Crippen molar-refractivity contribution in [3.05, 3.63) is 114 Å². The number of unbranched alkanes of at least 4 members (excludes halogenated alkanes) is 2. The number of hydrogen-bond acceptors (Lipinski definition) is 5. The lowest BCUT2D eigenvalue weighted by Crippen LogP contribution is -2.32. The van der Waals surface area contributed by atoms with Gasteiger partial charge in [-0.3, -0.25) is 19.6 Å². The van der Waals surface area contributed by atoms with Gasteiger partial charge in [0.1, 0.15) is 5.75 Å². The highest BCUT2D eigenvalue weighted by Gasteiger charge is 2.18. The van der Waals surface area contributed by atoms with Crippen LogP contribution in [0.2, 0.25) is 0 Å². The molecule has 4 aromatic rings. The summed E-state index contributed by atoms with van der Waals surface area (Å²) in [4.78, 5) is 34.3. The van der Waals surface area contributed by atoms with Gasteiger partial charge in [-0.25, -0.2) is 0 Å². The molecule has 7 nitrogen and oxygen atoms in total. The zero-order valence-corrected chi connectivity index (χ0v) is 21.7. The van der Waals surface area contributed by atoms with Crippen molar-refractivity contribution in [1.82, 2.24) is 14.9 Å². The van der Waals surface area contributed by atoms with Crippen LogP contribution in [0.1, 0.15) is 50.0 Å². The molecule has 0 aliphatic heterocycles. The fourth-order valence-corrected chi connectivity index (χ4v) is 4.05. The van der Waals surface area contributed by atoms with Crippen molar-refractivity contribution in [2.45, 2.75) is 38.6 Å². The van der Waals surface area contributed by atoms with Gasteiger partial charge >= 0.3 is 5.97 Å². The topological polar surface area (TPSA) is 92.6 Å². The third-order valence-corrected chi connectivity index (χ3v) is 6.14. The molecule has 0 saturated heterocycles. The zero-order valence-electron chi connectivity index (χ0n) is 23.7. The van der Waals surface area contributed by atoms with E-state index < -0.39 is 18.4 Å². The minimum absolute atomic E-state index is 0.0957. The van der Waals surface area contributed by atoms with Gasteiger partial charge in [-0.1, -0.05) is 36.4 Å². The van der Waals surface area contributed by atoms with Gasteiger partial charge < -0.3 is 14.7 Å². The van der Waals surface area contributed by atoms with Crippen LogP contribution in [0.3, 0.4) is 0 Å². The van der Waals surface area contributed by atoms with Crippen molar-refractivity contribution in [1.29, 1.82) is 0 Å². The van der Waals surface area contributed by atoms with Crippen LogP contribution in [0.4, 0.5) is 0 Å². The van der Waals surface area contributed by atoms with Gasteiger partial charge in [0.25, 0.3) is 5.91 Å². The molecular formula is C32H33N3O4. The molecule has 0 spiro atoms. The molecule has 7 heteroatoms. The van der Waals surface area contributed by atoms with E-state index in [1.807, 2.05) is 42.5 Å². The van der Waals surface area contributed by atoms with Gasteiger partial charge in [0.05, 0.1) is 9.35 Å². The van der Waals surface area contributed by atoms with Gasteiger partial charge in [0.2, 0.25) is 0 Å². The smallest absolute Gasteiger partial charge is 0.303 e. The Morgan fingerprint density at radius 3 is 2.33 bits per heavy atom. The number of aromatic nitrogens is 2. The van der Waals surface area contributed by atoms with E-state index in [1.54, 1.807) is 55.0 Å². The molecule has 1 amide bonds. The minimum Gasteiger partial charge on any atom is -0.493 e. The Balaban J connectivity index is 1.57. The van der Waals surface area contributed by atoms with Crippen molar-refractivity contribution in [3.8, 4) is 16.9 Å². The quantitative estimate of drug-likeness (QED) is 0.201. The normalized spacial score (nSPS) is 11.8. The molecule has 2 aromatic carbocycles. The van der Waals surface area contributed by atoms with Crippen LogP contribution in [-0.4, -0.2) is 45.0 Å². The Hall–Kier alpha value is -4.52. The summed E-state index contributed by atoms with van der Waals surface area (Å²) in [7, 11) is 0. The van der Waals surface area contributed by atoms with Gasteiger partial charge in [-0.2, -0.15) is 0 Å². The Labute approximate surface area is 231 Å². The Morgan fingerprint density at radius 1 is 0.846 bits per heavy atom. The second kappa shape index (κ2) is 14.4.